The van der Waals surface area contributed by atoms with Crippen molar-refractivity contribution in [3.8, 4) is 11.1 Å². The van der Waals surface area contributed by atoms with E-state index in [1.165, 1.54) is 30.9 Å². The van der Waals surface area contributed by atoms with E-state index in [9.17, 15) is 4.39 Å². The molecule has 1 atom stereocenters. The lowest BCUT2D eigenvalue weighted by molar-refractivity contribution is 0.420. The average molecular weight is 283 g/mol. The zero-order valence-electron chi connectivity index (χ0n) is 12.7. The second kappa shape index (κ2) is 5.98. The summed E-state index contributed by atoms with van der Waals surface area (Å²) in [6, 6.07) is 13.9. The lowest BCUT2D eigenvalue weighted by atomic mass is 9.79. The summed E-state index contributed by atoms with van der Waals surface area (Å²) >= 11 is 0. The third-order valence-corrected chi connectivity index (χ3v) is 4.71. The normalized spacial score (nSPS) is 16.5. The van der Waals surface area contributed by atoms with Crippen molar-refractivity contribution in [2.75, 3.05) is 7.05 Å². The fourth-order valence-electron chi connectivity index (χ4n) is 2.99. The van der Waals surface area contributed by atoms with Gasteiger partial charge in [-0.25, -0.2) is 4.39 Å². The second-order valence-corrected chi connectivity index (χ2v) is 5.99. The maximum absolute atomic E-state index is 13.7. The first-order valence-corrected chi connectivity index (χ1v) is 7.76. The van der Waals surface area contributed by atoms with Crippen LogP contribution in [0.15, 0.2) is 42.5 Å². The van der Waals surface area contributed by atoms with Crippen LogP contribution in [-0.2, 0) is 0 Å². The number of nitrogens with one attached hydrogen (secondary N) is 1. The third-order valence-electron chi connectivity index (χ3n) is 4.71. The van der Waals surface area contributed by atoms with E-state index >= 15 is 0 Å². The van der Waals surface area contributed by atoms with Gasteiger partial charge in [0.05, 0.1) is 0 Å². The standard InChI is InChI=1S/C19H22FN/c1-13(21-2)18-11-10-17(20)12-19(18)16-8-6-15(7-9-16)14-4-3-5-14/h6-14,21H,3-5H2,1-2H3. The molecule has 110 valence electrons. The Balaban J connectivity index is 1.96. The van der Waals surface area contributed by atoms with Crippen molar-refractivity contribution in [2.24, 2.45) is 0 Å². The van der Waals surface area contributed by atoms with Crippen LogP contribution in [0.25, 0.3) is 11.1 Å². The zero-order chi connectivity index (χ0) is 14.8. The molecular weight excluding hydrogens is 261 g/mol. The molecule has 3 rings (SSSR count). The SMILES string of the molecule is CNC(C)c1ccc(F)cc1-c1ccc(C2CCC2)cc1. The molecule has 1 nitrogen and oxygen atoms in total. The Hall–Kier alpha value is -1.67. The van der Waals surface area contributed by atoms with E-state index in [-0.39, 0.29) is 11.9 Å². The van der Waals surface area contributed by atoms with E-state index in [0.29, 0.717) is 0 Å². The fraction of sp³-hybridized carbons (Fsp3) is 0.368. The Kier molecular flexibility index (Phi) is 4.07. The molecule has 1 aliphatic carbocycles. The highest BCUT2D eigenvalue weighted by Gasteiger charge is 2.19. The lowest BCUT2D eigenvalue weighted by Crippen LogP contribution is -2.13. The minimum absolute atomic E-state index is 0.180. The van der Waals surface area contributed by atoms with Gasteiger partial charge in [0.25, 0.3) is 0 Å². The van der Waals surface area contributed by atoms with Crippen LogP contribution >= 0.6 is 0 Å². The van der Waals surface area contributed by atoms with Gasteiger partial charge in [0.2, 0.25) is 0 Å². The first-order valence-electron chi connectivity index (χ1n) is 7.76. The Morgan fingerprint density at radius 3 is 2.38 bits per heavy atom. The summed E-state index contributed by atoms with van der Waals surface area (Å²) in [5, 5.41) is 3.24. The van der Waals surface area contributed by atoms with Gasteiger partial charge in [0, 0.05) is 6.04 Å². The molecule has 0 saturated heterocycles. The molecule has 0 spiro atoms. The van der Waals surface area contributed by atoms with Gasteiger partial charge in [-0.2, -0.15) is 0 Å². The van der Waals surface area contributed by atoms with E-state index in [2.05, 4.69) is 36.5 Å². The van der Waals surface area contributed by atoms with Crippen LogP contribution in [0.2, 0.25) is 0 Å². The maximum atomic E-state index is 13.7. The van der Waals surface area contributed by atoms with E-state index in [1.807, 2.05) is 13.1 Å². The summed E-state index contributed by atoms with van der Waals surface area (Å²) in [5.74, 6) is 0.558. The monoisotopic (exact) mass is 283 g/mol. The van der Waals surface area contributed by atoms with Crippen molar-refractivity contribution in [1.82, 2.24) is 5.32 Å². The van der Waals surface area contributed by atoms with Gasteiger partial charge in [-0.3, -0.25) is 0 Å². The number of hydrogen-bond acceptors (Lipinski definition) is 1. The summed E-state index contributed by atoms with van der Waals surface area (Å²) in [6.07, 6.45) is 3.96. The smallest absolute Gasteiger partial charge is 0.123 e. The Bertz CT molecular complexity index is 614. The quantitative estimate of drug-likeness (QED) is 0.828. The number of halogens is 1. The molecule has 0 aliphatic heterocycles. The van der Waals surface area contributed by atoms with Crippen molar-refractivity contribution in [2.45, 2.75) is 38.1 Å². The van der Waals surface area contributed by atoms with Gasteiger partial charge < -0.3 is 5.32 Å². The van der Waals surface area contributed by atoms with Crippen molar-refractivity contribution < 1.29 is 4.39 Å². The molecule has 0 bridgehead atoms. The predicted molar refractivity (Wildman–Crippen MR) is 85.9 cm³/mol. The lowest BCUT2D eigenvalue weighted by Gasteiger charge is -2.26. The molecule has 2 heteroatoms. The third kappa shape index (κ3) is 2.86. The van der Waals surface area contributed by atoms with Crippen molar-refractivity contribution in [1.29, 1.82) is 0 Å². The molecule has 0 radical (unpaired) electrons. The molecular formula is C19H22FN. The number of hydrogen-bond donors (Lipinski definition) is 1. The Morgan fingerprint density at radius 1 is 1.10 bits per heavy atom. The predicted octanol–water partition coefficient (Wildman–Crippen LogP) is 5.04. The molecule has 0 aromatic heterocycles. The van der Waals surface area contributed by atoms with Crippen molar-refractivity contribution >= 4 is 0 Å². The molecule has 1 unspecified atom stereocenters. The molecule has 1 N–H and O–H groups in total. The second-order valence-electron chi connectivity index (χ2n) is 5.99. The molecule has 1 fully saturated rings. The molecule has 2 aromatic rings. The molecule has 0 amide bonds. The highest BCUT2D eigenvalue weighted by molar-refractivity contribution is 5.68. The minimum atomic E-state index is -0.180. The summed E-state index contributed by atoms with van der Waals surface area (Å²) in [5.41, 5.74) is 4.63. The van der Waals surface area contributed by atoms with Crippen LogP contribution in [0, 0.1) is 5.82 Å². The highest BCUT2D eigenvalue weighted by atomic mass is 19.1. The number of rotatable bonds is 4. The van der Waals surface area contributed by atoms with Crippen LogP contribution in [0.1, 0.15) is 49.3 Å². The van der Waals surface area contributed by atoms with Crippen LogP contribution < -0.4 is 5.32 Å². The van der Waals surface area contributed by atoms with Gasteiger partial charge in [-0.05, 0) is 67.1 Å². The highest BCUT2D eigenvalue weighted by Crippen LogP contribution is 2.37. The van der Waals surface area contributed by atoms with Gasteiger partial charge >= 0.3 is 0 Å². The molecule has 21 heavy (non-hydrogen) atoms. The first kappa shape index (κ1) is 14.3. The minimum Gasteiger partial charge on any atom is -0.313 e. The Labute approximate surface area is 126 Å². The summed E-state index contributed by atoms with van der Waals surface area (Å²) < 4.78 is 13.7. The van der Waals surface area contributed by atoms with Crippen LogP contribution in [0.4, 0.5) is 4.39 Å². The van der Waals surface area contributed by atoms with E-state index in [1.54, 1.807) is 6.07 Å². The average Bonchev–Trinajstić information content (AvgIpc) is 2.45. The van der Waals surface area contributed by atoms with Gasteiger partial charge in [-0.1, -0.05) is 36.8 Å². The van der Waals surface area contributed by atoms with Crippen molar-refractivity contribution in [3.05, 3.63) is 59.4 Å². The van der Waals surface area contributed by atoms with Gasteiger partial charge in [0.1, 0.15) is 5.82 Å². The summed E-state index contributed by atoms with van der Waals surface area (Å²) in [7, 11) is 1.93. The molecule has 2 aromatic carbocycles. The van der Waals surface area contributed by atoms with Gasteiger partial charge in [-0.15, -0.1) is 0 Å². The van der Waals surface area contributed by atoms with Crippen LogP contribution in [-0.4, -0.2) is 7.05 Å². The van der Waals surface area contributed by atoms with Crippen molar-refractivity contribution in [3.63, 3.8) is 0 Å². The molecule has 1 saturated carbocycles. The summed E-state index contributed by atoms with van der Waals surface area (Å²) in [4.78, 5) is 0. The topological polar surface area (TPSA) is 12.0 Å². The fourth-order valence-corrected chi connectivity index (χ4v) is 2.99. The van der Waals surface area contributed by atoms with E-state index in [0.717, 1.165) is 22.6 Å². The molecule has 1 aliphatic rings. The first-order chi connectivity index (χ1) is 10.2. The van der Waals surface area contributed by atoms with Crippen LogP contribution in [0.3, 0.4) is 0 Å². The Morgan fingerprint density at radius 2 is 1.81 bits per heavy atom. The molecule has 0 heterocycles. The largest absolute Gasteiger partial charge is 0.313 e. The van der Waals surface area contributed by atoms with E-state index < -0.39 is 0 Å². The number of benzene rings is 2. The summed E-state index contributed by atoms with van der Waals surface area (Å²) in [6.45, 7) is 2.10. The zero-order valence-corrected chi connectivity index (χ0v) is 12.7. The van der Waals surface area contributed by atoms with Crippen LogP contribution in [0.5, 0.6) is 0 Å². The van der Waals surface area contributed by atoms with Gasteiger partial charge in [0.15, 0.2) is 0 Å². The maximum Gasteiger partial charge on any atom is 0.123 e. The van der Waals surface area contributed by atoms with E-state index in [4.69, 9.17) is 0 Å².